The number of carbonyl (C=O) groups is 2. The molecule has 0 aliphatic heterocycles. The lowest BCUT2D eigenvalue weighted by molar-refractivity contribution is -0.143. The molecule has 2 N–H and O–H groups in total. The van der Waals surface area contributed by atoms with Crippen LogP contribution in [0.5, 0.6) is 11.5 Å². The van der Waals surface area contributed by atoms with Crippen LogP contribution in [0.1, 0.15) is 49.9 Å². The van der Waals surface area contributed by atoms with E-state index in [9.17, 15) is 9.59 Å². The van der Waals surface area contributed by atoms with Crippen LogP contribution >= 0.6 is 0 Å². The predicted molar refractivity (Wildman–Crippen MR) is 85.1 cm³/mol. The normalized spacial score (nSPS) is 15.3. The van der Waals surface area contributed by atoms with Crippen molar-refractivity contribution >= 4 is 11.9 Å². The number of carboxylic acid groups (broad SMARTS) is 1. The molecule has 1 aromatic carbocycles. The molecule has 0 unspecified atom stereocenters. The molecule has 0 bridgehead atoms. The standard InChI is InChI=1S/C17H23NO5/c1-17(2,16(20)21)18-15(19)11-8-9-13(22-3)14(10-11)23-12-6-4-5-7-12/h8-10,12H,4-7H2,1-3H3,(H,18,19)(H,20,21). The minimum atomic E-state index is -1.34. The first-order valence-electron chi connectivity index (χ1n) is 7.74. The highest BCUT2D eigenvalue weighted by Crippen LogP contribution is 2.32. The Morgan fingerprint density at radius 2 is 1.87 bits per heavy atom. The van der Waals surface area contributed by atoms with Crippen molar-refractivity contribution in [3.63, 3.8) is 0 Å². The lowest BCUT2D eigenvalue weighted by atomic mass is 10.0. The third kappa shape index (κ3) is 4.15. The maximum Gasteiger partial charge on any atom is 0.328 e. The van der Waals surface area contributed by atoms with Crippen LogP contribution < -0.4 is 14.8 Å². The fourth-order valence-electron chi connectivity index (χ4n) is 2.51. The molecule has 1 saturated carbocycles. The van der Waals surface area contributed by atoms with Crippen molar-refractivity contribution < 1.29 is 24.2 Å². The molecule has 1 amide bonds. The number of aliphatic carboxylic acids is 1. The van der Waals surface area contributed by atoms with E-state index in [2.05, 4.69) is 5.32 Å². The van der Waals surface area contributed by atoms with Gasteiger partial charge in [-0.15, -0.1) is 0 Å². The summed E-state index contributed by atoms with van der Waals surface area (Å²) in [5.41, 5.74) is -1.00. The number of benzene rings is 1. The molecule has 1 aliphatic carbocycles. The monoisotopic (exact) mass is 321 g/mol. The number of methoxy groups -OCH3 is 1. The van der Waals surface area contributed by atoms with E-state index in [0.29, 0.717) is 17.1 Å². The van der Waals surface area contributed by atoms with Crippen molar-refractivity contribution in [1.29, 1.82) is 0 Å². The first-order chi connectivity index (χ1) is 10.8. The fraction of sp³-hybridized carbons (Fsp3) is 0.529. The summed E-state index contributed by atoms with van der Waals surface area (Å²) in [4.78, 5) is 23.4. The molecule has 2 rings (SSSR count). The third-order valence-electron chi connectivity index (χ3n) is 3.98. The van der Waals surface area contributed by atoms with E-state index in [1.54, 1.807) is 25.3 Å². The van der Waals surface area contributed by atoms with Crippen LogP contribution in [-0.2, 0) is 4.79 Å². The number of rotatable bonds is 6. The molecule has 6 heteroatoms. The zero-order valence-corrected chi connectivity index (χ0v) is 13.7. The summed E-state index contributed by atoms with van der Waals surface area (Å²) in [6.07, 6.45) is 4.40. The van der Waals surface area contributed by atoms with Gasteiger partial charge in [-0.3, -0.25) is 4.79 Å². The van der Waals surface area contributed by atoms with E-state index < -0.39 is 17.4 Å². The number of hydrogen-bond donors (Lipinski definition) is 2. The van der Waals surface area contributed by atoms with Crippen LogP contribution in [0.25, 0.3) is 0 Å². The average Bonchev–Trinajstić information content (AvgIpc) is 2.99. The summed E-state index contributed by atoms with van der Waals surface area (Å²) >= 11 is 0. The molecule has 0 spiro atoms. The molecule has 1 aromatic rings. The maximum absolute atomic E-state index is 12.3. The summed E-state index contributed by atoms with van der Waals surface area (Å²) in [6.45, 7) is 2.87. The molecule has 0 radical (unpaired) electrons. The molecule has 1 fully saturated rings. The van der Waals surface area contributed by atoms with Gasteiger partial charge in [0.05, 0.1) is 13.2 Å². The van der Waals surface area contributed by atoms with Crippen molar-refractivity contribution in [3.05, 3.63) is 23.8 Å². The van der Waals surface area contributed by atoms with Gasteiger partial charge < -0.3 is 19.9 Å². The second kappa shape index (κ2) is 6.89. The third-order valence-corrected chi connectivity index (χ3v) is 3.98. The molecular formula is C17H23NO5. The summed E-state index contributed by atoms with van der Waals surface area (Å²) in [5.74, 6) is -0.482. The van der Waals surface area contributed by atoms with Crippen LogP contribution in [0, 0.1) is 0 Å². The van der Waals surface area contributed by atoms with Crippen LogP contribution in [0.15, 0.2) is 18.2 Å². The highest BCUT2D eigenvalue weighted by Gasteiger charge is 2.29. The van der Waals surface area contributed by atoms with E-state index in [0.717, 1.165) is 25.7 Å². The number of ether oxygens (including phenoxy) is 2. The topological polar surface area (TPSA) is 84.9 Å². The minimum Gasteiger partial charge on any atom is -0.493 e. The molecule has 0 heterocycles. The number of amides is 1. The summed E-state index contributed by atoms with van der Waals surface area (Å²) in [6, 6.07) is 4.85. The largest absolute Gasteiger partial charge is 0.493 e. The molecular weight excluding hydrogens is 298 g/mol. The lowest BCUT2D eigenvalue weighted by Crippen LogP contribution is -2.49. The molecule has 0 aromatic heterocycles. The van der Waals surface area contributed by atoms with E-state index in [-0.39, 0.29) is 6.10 Å². The Hall–Kier alpha value is -2.24. The smallest absolute Gasteiger partial charge is 0.328 e. The Balaban J connectivity index is 2.19. The van der Waals surface area contributed by atoms with Gasteiger partial charge in [0.2, 0.25) is 0 Å². The van der Waals surface area contributed by atoms with Crippen LogP contribution in [-0.4, -0.2) is 35.7 Å². The van der Waals surface area contributed by atoms with Crippen LogP contribution in [0.3, 0.4) is 0 Å². The highest BCUT2D eigenvalue weighted by atomic mass is 16.5. The Labute approximate surface area is 135 Å². The quantitative estimate of drug-likeness (QED) is 0.841. The molecule has 0 saturated heterocycles. The van der Waals surface area contributed by atoms with E-state index in [4.69, 9.17) is 14.6 Å². The Morgan fingerprint density at radius 1 is 1.22 bits per heavy atom. The summed E-state index contributed by atoms with van der Waals surface area (Å²) in [5, 5.41) is 11.6. The number of nitrogens with one attached hydrogen (secondary N) is 1. The summed E-state index contributed by atoms with van der Waals surface area (Å²) in [7, 11) is 1.55. The SMILES string of the molecule is COc1ccc(C(=O)NC(C)(C)C(=O)O)cc1OC1CCCC1. The minimum absolute atomic E-state index is 0.137. The Morgan fingerprint density at radius 3 is 2.43 bits per heavy atom. The van der Waals surface area contributed by atoms with Gasteiger partial charge in [-0.1, -0.05) is 0 Å². The van der Waals surface area contributed by atoms with E-state index in [1.807, 2.05) is 0 Å². The van der Waals surface area contributed by atoms with Crippen molar-refractivity contribution in [3.8, 4) is 11.5 Å². The van der Waals surface area contributed by atoms with Gasteiger partial charge in [-0.2, -0.15) is 0 Å². The van der Waals surface area contributed by atoms with Gasteiger partial charge >= 0.3 is 5.97 Å². The zero-order chi connectivity index (χ0) is 17.0. The number of carbonyl (C=O) groups excluding carboxylic acids is 1. The van der Waals surface area contributed by atoms with Gasteiger partial charge in [0, 0.05) is 5.56 Å². The Kier molecular flexibility index (Phi) is 5.13. The second-order valence-electron chi connectivity index (χ2n) is 6.27. The predicted octanol–water partition coefficient (Wildman–Crippen LogP) is 2.61. The van der Waals surface area contributed by atoms with Gasteiger partial charge in [-0.25, -0.2) is 4.79 Å². The van der Waals surface area contributed by atoms with E-state index >= 15 is 0 Å². The summed E-state index contributed by atoms with van der Waals surface area (Å²) < 4.78 is 11.2. The second-order valence-corrected chi connectivity index (χ2v) is 6.27. The van der Waals surface area contributed by atoms with Crippen molar-refractivity contribution in [2.45, 2.75) is 51.2 Å². The number of carboxylic acids is 1. The van der Waals surface area contributed by atoms with Crippen molar-refractivity contribution in [2.75, 3.05) is 7.11 Å². The highest BCUT2D eigenvalue weighted by molar-refractivity contribution is 5.98. The maximum atomic E-state index is 12.3. The first-order valence-corrected chi connectivity index (χ1v) is 7.74. The van der Waals surface area contributed by atoms with Crippen molar-refractivity contribution in [2.24, 2.45) is 0 Å². The number of hydrogen-bond acceptors (Lipinski definition) is 4. The van der Waals surface area contributed by atoms with Gasteiger partial charge in [-0.05, 0) is 57.7 Å². The molecule has 23 heavy (non-hydrogen) atoms. The Bertz CT molecular complexity index is 591. The van der Waals surface area contributed by atoms with Crippen LogP contribution in [0.4, 0.5) is 0 Å². The molecule has 0 atom stereocenters. The van der Waals surface area contributed by atoms with Gasteiger partial charge in [0.1, 0.15) is 5.54 Å². The zero-order valence-electron chi connectivity index (χ0n) is 13.7. The van der Waals surface area contributed by atoms with Gasteiger partial charge in [0.15, 0.2) is 11.5 Å². The molecule has 6 nitrogen and oxygen atoms in total. The van der Waals surface area contributed by atoms with Gasteiger partial charge in [0.25, 0.3) is 5.91 Å². The molecule has 126 valence electrons. The fourth-order valence-corrected chi connectivity index (χ4v) is 2.51. The molecule has 1 aliphatic rings. The van der Waals surface area contributed by atoms with E-state index in [1.165, 1.54) is 13.8 Å². The van der Waals surface area contributed by atoms with Crippen LogP contribution in [0.2, 0.25) is 0 Å². The van der Waals surface area contributed by atoms with Crippen molar-refractivity contribution in [1.82, 2.24) is 5.32 Å². The lowest BCUT2D eigenvalue weighted by Gasteiger charge is -2.21. The first kappa shape index (κ1) is 17.1. The average molecular weight is 321 g/mol.